The Morgan fingerprint density at radius 2 is 1.62 bits per heavy atom. The quantitative estimate of drug-likeness (QED) is 0.304. The van der Waals surface area contributed by atoms with Gasteiger partial charge in [0.15, 0.2) is 5.70 Å². The molecule has 2 aromatic carbocycles. The number of hydrogen-bond acceptors (Lipinski definition) is 4. The summed E-state index contributed by atoms with van der Waals surface area (Å²) in [6.45, 7) is 0. The monoisotopic (exact) mass is 398 g/mol. The number of nitrogens with zero attached hydrogens (tertiary/aromatic N) is 2. The van der Waals surface area contributed by atoms with Crippen LogP contribution >= 0.6 is 15.9 Å². The highest BCUT2D eigenvalue weighted by Crippen LogP contribution is 2.30. The van der Waals surface area contributed by atoms with Crippen molar-refractivity contribution in [1.29, 1.82) is 0 Å². The summed E-state index contributed by atoms with van der Waals surface area (Å²) in [4.78, 5) is 12.1. The van der Waals surface area contributed by atoms with Crippen LogP contribution in [-0.4, -0.2) is 10.9 Å². The standard InChI is InChI=1S/C16H10BrF3N2O2/c17-12-5-1-10(2-6-12)15(24)14(9-23)22-21-13-7-3-11(4-8-13)16(18,19)20/h1-9,23H/b14-9+,22-21?. The Morgan fingerprint density at radius 1 is 1.04 bits per heavy atom. The first-order chi connectivity index (χ1) is 11.3. The number of allylic oxidation sites excluding steroid dienone is 1. The molecule has 0 atom stereocenters. The van der Waals surface area contributed by atoms with Gasteiger partial charge in [-0.05, 0) is 48.5 Å². The van der Waals surface area contributed by atoms with Gasteiger partial charge < -0.3 is 5.11 Å². The lowest BCUT2D eigenvalue weighted by Crippen LogP contribution is -2.03. The Bertz CT molecular complexity index is 782. The van der Waals surface area contributed by atoms with E-state index in [0.717, 1.165) is 28.7 Å². The Morgan fingerprint density at radius 3 is 2.12 bits per heavy atom. The van der Waals surface area contributed by atoms with Gasteiger partial charge >= 0.3 is 6.18 Å². The summed E-state index contributed by atoms with van der Waals surface area (Å²) in [6, 6.07) is 10.3. The predicted molar refractivity (Wildman–Crippen MR) is 85.1 cm³/mol. The highest BCUT2D eigenvalue weighted by Gasteiger charge is 2.29. The van der Waals surface area contributed by atoms with E-state index in [4.69, 9.17) is 5.11 Å². The van der Waals surface area contributed by atoms with E-state index in [9.17, 15) is 18.0 Å². The molecule has 0 aromatic heterocycles. The fourth-order valence-electron chi connectivity index (χ4n) is 1.71. The molecule has 0 amide bonds. The number of carbonyl (C=O) groups is 1. The van der Waals surface area contributed by atoms with Crippen molar-refractivity contribution in [3.63, 3.8) is 0 Å². The molecule has 0 aliphatic carbocycles. The number of Topliss-reactive ketones (excluding diaryl/α,β-unsaturated/α-hetero) is 1. The number of alkyl halides is 3. The molecule has 0 spiro atoms. The van der Waals surface area contributed by atoms with Gasteiger partial charge in [0.25, 0.3) is 0 Å². The minimum atomic E-state index is -4.44. The maximum atomic E-state index is 12.5. The first kappa shape index (κ1) is 17.9. The summed E-state index contributed by atoms with van der Waals surface area (Å²) < 4.78 is 38.2. The lowest BCUT2D eigenvalue weighted by atomic mass is 10.1. The van der Waals surface area contributed by atoms with Gasteiger partial charge in [-0.15, -0.1) is 5.11 Å². The molecule has 0 fully saturated rings. The maximum Gasteiger partial charge on any atom is 0.416 e. The topological polar surface area (TPSA) is 62.0 Å². The van der Waals surface area contributed by atoms with E-state index >= 15 is 0 Å². The van der Waals surface area contributed by atoms with Gasteiger partial charge in [-0.2, -0.15) is 18.3 Å². The molecule has 0 aliphatic heterocycles. The molecule has 0 saturated heterocycles. The van der Waals surface area contributed by atoms with E-state index in [1.165, 1.54) is 12.1 Å². The van der Waals surface area contributed by atoms with E-state index in [2.05, 4.69) is 26.2 Å². The van der Waals surface area contributed by atoms with Crippen LogP contribution in [0.5, 0.6) is 0 Å². The number of aliphatic hydroxyl groups excluding tert-OH is 1. The average molecular weight is 399 g/mol. The van der Waals surface area contributed by atoms with E-state index in [0.29, 0.717) is 6.26 Å². The van der Waals surface area contributed by atoms with Gasteiger partial charge in [-0.25, -0.2) is 0 Å². The van der Waals surface area contributed by atoms with Gasteiger partial charge in [0, 0.05) is 10.0 Å². The lowest BCUT2D eigenvalue weighted by molar-refractivity contribution is -0.137. The van der Waals surface area contributed by atoms with Crippen LogP contribution in [0.4, 0.5) is 18.9 Å². The van der Waals surface area contributed by atoms with E-state index in [1.807, 2.05) is 0 Å². The third kappa shape index (κ3) is 4.51. The lowest BCUT2D eigenvalue weighted by Gasteiger charge is -2.05. The second-order valence-electron chi connectivity index (χ2n) is 4.59. The molecule has 124 valence electrons. The summed E-state index contributed by atoms with van der Waals surface area (Å²) in [5, 5.41) is 16.4. The molecule has 2 aromatic rings. The second-order valence-corrected chi connectivity index (χ2v) is 5.51. The number of hydrogen-bond donors (Lipinski definition) is 1. The predicted octanol–water partition coefficient (Wildman–Crippen LogP) is 5.83. The van der Waals surface area contributed by atoms with E-state index < -0.39 is 17.5 Å². The minimum absolute atomic E-state index is 0.117. The van der Waals surface area contributed by atoms with Crippen LogP contribution in [0.25, 0.3) is 0 Å². The number of ketones is 1. The Labute approximate surface area is 143 Å². The molecule has 4 nitrogen and oxygen atoms in total. The van der Waals surface area contributed by atoms with Crippen molar-refractivity contribution in [3.05, 3.63) is 76.1 Å². The highest BCUT2D eigenvalue weighted by atomic mass is 79.9. The van der Waals surface area contributed by atoms with Crippen LogP contribution in [0, 0.1) is 0 Å². The molecule has 0 heterocycles. The first-order valence-electron chi connectivity index (χ1n) is 6.55. The SMILES string of the molecule is O=C(/C(=C\O)N=Nc1ccc(C(F)(F)F)cc1)c1ccc(Br)cc1. The molecule has 8 heteroatoms. The average Bonchev–Trinajstić information content (AvgIpc) is 2.55. The van der Waals surface area contributed by atoms with Gasteiger partial charge in [-0.1, -0.05) is 15.9 Å². The number of rotatable bonds is 4. The normalized spacial score (nSPS) is 12.6. The number of aliphatic hydroxyl groups is 1. The summed E-state index contributed by atoms with van der Waals surface area (Å²) in [5.74, 6) is -0.569. The van der Waals surface area contributed by atoms with Crippen molar-refractivity contribution < 1.29 is 23.1 Å². The number of carbonyl (C=O) groups excluding carboxylic acids is 1. The highest BCUT2D eigenvalue weighted by molar-refractivity contribution is 9.10. The summed E-state index contributed by atoms with van der Waals surface area (Å²) in [7, 11) is 0. The minimum Gasteiger partial charge on any atom is -0.513 e. The summed E-state index contributed by atoms with van der Waals surface area (Å²) >= 11 is 3.23. The van der Waals surface area contributed by atoms with Crippen molar-refractivity contribution in [2.45, 2.75) is 6.18 Å². The molecule has 0 unspecified atom stereocenters. The number of azo groups is 1. The largest absolute Gasteiger partial charge is 0.513 e. The Kier molecular flexibility index (Phi) is 5.50. The zero-order valence-corrected chi connectivity index (χ0v) is 13.5. The smallest absolute Gasteiger partial charge is 0.416 e. The van der Waals surface area contributed by atoms with Crippen molar-refractivity contribution in [1.82, 2.24) is 0 Å². The zero-order chi connectivity index (χ0) is 17.7. The molecular weight excluding hydrogens is 389 g/mol. The third-order valence-corrected chi connectivity index (χ3v) is 3.46. The molecular formula is C16H10BrF3N2O2. The fourth-order valence-corrected chi connectivity index (χ4v) is 1.97. The summed E-state index contributed by atoms with van der Waals surface area (Å²) in [5.41, 5.74) is -0.752. The van der Waals surface area contributed by atoms with Crippen molar-refractivity contribution in [2.75, 3.05) is 0 Å². The van der Waals surface area contributed by atoms with Crippen molar-refractivity contribution >= 4 is 27.4 Å². The third-order valence-electron chi connectivity index (χ3n) is 2.93. The van der Waals surface area contributed by atoms with E-state index in [1.54, 1.807) is 12.1 Å². The molecule has 0 radical (unpaired) electrons. The van der Waals surface area contributed by atoms with Crippen LogP contribution in [0.2, 0.25) is 0 Å². The van der Waals surface area contributed by atoms with Crippen molar-refractivity contribution in [2.24, 2.45) is 10.2 Å². The molecule has 2 rings (SSSR count). The second kappa shape index (κ2) is 7.39. The zero-order valence-electron chi connectivity index (χ0n) is 12.0. The molecule has 0 bridgehead atoms. The van der Waals surface area contributed by atoms with Gasteiger partial charge in [0.05, 0.1) is 11.3 Å². The van der Waals surface area contributed by atoms with E-state index in [-0.39, 0.29) is 16.9 Å². The molecule has 0 saturated carbocycles. The first-order valence-corrected chi connectivity index (χ1v) is 7.34. The molecule has 24 heavy (non-hydrogen) atoms. The van der Waals surface area contributed by atoms with Gasteiger partial charge in [0.1, 0.15) is 6.26 Å². The van der Waals surface area contributed by atoms with Crippen molar-refractivity contribution in [3.8, 4) is 0 Å². The number of benzene rings is 2. The maximum absolute atomic E-state index is 12.5. The summed E-state index contributed by atoms with van der Waals surface area (Å²) in [6.07, 6.45) is -3.94. The molecule has 0 aliphatic rings. The van der Waals surface area contributed by atoms with Gasteiger partial charge in [-0.3, -0.25) is 4.79 Å². The van der Waals surface area contributed by atoms with Crippen LogP contribution in [-0.2, 0) is 6.18 Å². The Hall–Kier alpha value is -2.48. The van der Waals surface area contributed by atoms with Crippen LogP contribution in [0.1, 0.15) is 15.9 Å². The fraction of sp³-hybridized carbons (Fsp3) is 0.0625. The van der Waals surface area contributed by atoms with Gasteiger partial charge in [0.2, 0.25) is 5.78 Å². The Balaban J connectivity index is 2.16. The number of halogens is 4. The molecule has 1 N–H and O–H groups in total. The van der Waals surface area contributed by atoms with Crippen LogP contribution in [0.15, 0.2) is 75.2 Å². The van der Waals surface area contributed by atoms with Crippen LogP contribution in [0.3, 0.4) is 0 Å². The van der Waals surface area contributed by atoms with Crippen LogP contribution < -0.4 is 0 Å².